The third kappa shape index (κ3) is 13.0. The lowest BCUT2D eigenvalue weighted by atomic mass is 10.1. The molecule has 0 bridgehead atoms. The lowest BCUT2D eigenvalue weighted by Crippen LogP contribution is -2.48. The standard InChI is InChI=1S/C26H33N3O.C23H27N3O/c1-3-5-12-18-28(19-13-6-4-2)29(26(30)22-14-8-7-9-15-22)24-20-23-16-10-11-17-25(23)27-21-24;1-2-3-4-5-10-15-24-22-14-9-7-12-20(22)23(27)26-19-16-18-11-6-8-13-21(18)25-17-19/h7-11,14-17,20-21H,3-6,12-13,18-19H2,1-2H3;6-9,11-14,16-17,24H,2-5,10,15H2,1H3,(H,26,27). The summed E-state index contributed by atoms with van der Waals surface area (Å²) in [5.41, 5.74) is 5.61. The van der Waals surface area contributed by atoms with Gasteiger partial charge in [0, 0.05) is 41.7 Å². The van der Waals surface area contributed by atoms with Crippen LogP contribution >= 0.6 is 0 Å². The zero-order valence-corrected chi connectivity index (χ0v) is 34.1. The van der Waals surface area contributed by atoms with Gasteiger partial charge in [0.1, 0.15) is 0 Å². The van der Waals surface area contributed by atoms with Crippen molar-refractivity contribution >= 4 is 50.7 Å². The average Bonchev–Trinajstić information content (AvgIpc) is 3.25. The smallest absolute Gasteiger partial charge is 0.272 e. The number of pyridine rings is 2. The minimum absolute atomic E-state index is 0.000628. The molecule has 0 saturated heterocycles. The Balaban J connectivity index is 0.000000219. The van der Waals surface area contributed by atoms with E-state index in [2.05, 4.69) is 58.5 Å². The molecule has 0 fully saturated rings. The number of rotatable bonds is 20. The van der Waals surface area contributed by atoms with E-state index in [1.807, 2.05) is 114 Å². The lowest BCUT2D eigenvalue weighted by molar-refractivity contribution is 0.0888. The van der Waals surface area contributed by atoms with E-state index < -0.39 is 0 Å². The van der Waals surface area contributed by atoms with E-state index in [9.17, 15) is 9.59 Å². The molecule has 0 saturated carbocycles. The van der Waals surface area contributed by atoms with Crippen LogP contribution in [0.5, 0.6) is 0 Å². The Morgan fingerprint density at radius 2 is 1.14 bits per heavy atom. The molecule has 4 aromatic carbocycles. The maximum absolute atomic E-state index is 13.6. The van der Waals surface area contributed by atoms with E-state index in [0.29, 0.717) is 16.8 Å². The number of carbonyl (C=O) groups excluding carboxylic acids is 2. The lowest BCUT2D eigenvalue weighted by Gasteiger charge is -2.35. The SMILES string of the molecule is CCCCCCCNc1ccccc1C(=O)Nc1cnc2ccccc2c1.CCCCCN(CCCCC)N(C(=O)c1ccccc1)c1cnc2ccccc2c1. The van der Waals surface area contributed by atoms with E-state index in [1.54, 1.807) is 6.20 Å². The molecule has 6 rings (SSSR count). The van der Waals surface area contributed by atoms with Crippen LogP contribution in [0.15, 0.2) is 128 Å². The molecule has 298 valence electrons. The molecule has 0 aliphatic carbocycles. The third-order valence-corrected chi connectivity index (χ3v) is 9.97. The third-order valence-electron chi connectivity index (χ3n) is 9.97. The van der Waals surface area contributed by atoms with E-state index in [4.69, 9.17) is 0 Å². The van der Waals surface area contributed by atoms with Crippen molar-refractivity contribution in [1.29, 1.82) is 0 Å². The molecule has 0 spiro atoms. The van der Waals surface area contributed by atoms with Crippen molar-refractivity contribution in [2.75, 3.05) is 35.3 Å². The number of hydrazine groups is 1. The number of hydrogen-bond donors (Lipinski definition) is 2. The summed E-state index contributed by atoms with van der Waals surface area (Å²) in [5, 5.41) is 12.5. The number of anilines is 3. The van der Waals surface area contributed by atoms with E-state index in [1.165, 1.54) is 25.7 Å². The molecule has 0 aliphatic heterocycles. The first kappa shape index (κ1) is 42.5. The quantitative estimate of drug-likeness (QED) is 0.0594. The minimum atomic E-state index is -0.124. The Labute approximate surface area is 339 Å². The molecular weight excluding hydrogens is 705 g/mol. The van der Waals surface area contributed by atoms with E-state index >= 15 is 0 Å². The number of aromatic nitrogens is 2. The first-order valence-corrected chi connectivity index (χ1v) is 21.0. The molecule has 6 aromatic rings. The van der Waals surface area contributed by atoms with Gasteiger partial charge in [0.25, 0.3) is 11.8 Å². The highest BCUT2D eigenvalue weighted by Crippen LogP contribution is 2.25. The zero-order chi connectivity index (χ0) is 40.1. The highest BCUT2D eigenvalue weighted by atomic mass is 16.2. The number of benzene rings is 4. The number of hydrogen-bond acceptors (Lipinski definition) is 6. The van der Waals surface area contributed by atoms with Gasteiger partial charge in [-0.05, 0) is 67.8 Å². The summed E-state index contributed by atoms with van der Waals surface area (Å²) in [4.78, 5) is 35.4. The van der Waals surface area contributed by atoms with Crippen LogP contribution in [0.2, 0.25) is 0 Å². The van der Waals surface area contributed by atoms with Crippen molar-refractivity contribution in [2.24, 2.45) is 0 Å². The highest BCUT2D eigenvalue weighted by Gasteiger charge is 2.25. The van der Waals surface area contributed by atoms with E-state index in [0.717, 1.165) is 97.8 Å². The summed E-state index contributed by atoms with van der Waals surface area (Å²) in [6.45, 7) is 9.25. The molecule has 0 aliphatic rings. The summed E-state index contributed by atoms with van der Waals surface area (Å²) < 4.78 is 0. The van der Waals surface area contributed by atoms with Crippen LogP contribution in [0.3, 0.4) is 0 Å². The minimum Gasteiger partial charge on any atom is -0.384 e. The van der Waals surface area contributed by atoms with Crippen LogP contribution in [-0.4, -0.2) is 46.4 Å². The van der Waals surface area contributed by atoms with Gasteiger partial charge in [-0.15, -0.1) is 0 Å². The summed E-state index contributed by atoms with van der Waals surface area (Å²) in [6, 6.07) is 37.2. The van der Waals surface area contributed by atoms with Crippen molar-refractivity contribution in [3.8, 4) is 0 Å². The van der Waals surface area contributed by atoms with Gasteiger partial charge >= 0.3 is 0 Å². The molecule has 0 radical (unpaired) electrons. The maximum Gasteiger partial charge on any atom is 0.272 e. The largest absolute Gasteiger partial charge is 0.384 e. The number of nitrogens with one attached hydrogen (secondary N) is 2. The molecule has 2 amide bonds. The molecule has 0 unspecified atom stereocenters. The van der Waals surface area contributed by atoms with E-state index in [-0.39, 0.29) is 11.8 Å². The average molecular weight is 765 g/mol. The fraction of sp³-hybridized carbons (Fsp3) is 0.347. The van der Waals surface area contributed by atoms with Gasteiger partial charge in [-0.3, -0.25) is 19.6 Å². The highest BCUT2D eigenvalue weighted by molar-refractivity contribution is 6.08. The topological polar surface area (TPSA) is 90.5 Å². The van der Waals surface area contributed by atoms with Gasteiger partial charge in [0.2, 0.25) is 0 Å². The van der Waals surface area contributed by atoms with Crippen molar-refractivity contribution in [3.63, 3.8) is 0 Å². The number of para-hydroxylation sites is 3. The maximum atomic E-state index is 13.6. The molecular formula is C49H60N6O2. The number of unbranched alkanes of at least 4 members (excludes halogenated alkanes) is 8. The summed E-state index contributed by atoms with van der Waals surface area (Å²) >= 11 is 0. The predicted molar refractivity (Wildman–Crippen MR) is 239 cm³/mol. The number of carbonyl (C=O) groups is 2. The Morgan fingerprint density at radius 1 is 0.579 bits per heavy atom. The second kappa shape index (κ2) is 23.5. The van der Waals surface area contributed by atoms with Gasteiger partial charge in [-0.25, -0.2) is 10.0 Å². The van der Waals surface area contributed by atoms with Crippen LogP contribution in [0.1, 0.15) is 112 Å². The zero-order valence-electron chi connectivity index (χ0n) is 34.1. The molecule has 57 heavy (non-hydrogen) atoms. The molecule has 2 N–H and O–H groups in total. The first-order valence-electron chi connectivity index (χ1n) is 21.0. The molecule has 2 heterocycles. The first-order chi connectivity index (χ1) is 28.0. The Morgan fingerprint density at radius 3 is 1.82 bits per heavy atom. The Kier molecular flexibility index (Phi) is 17.5. The van der Waals surface area contributed by atoms with Crippen LogP contribution < -0.4 is 15.6 Å². The predicted octanol–water partition coefficient (Wildman–Crippen LogP) is 12.3. The normalized spacial score (nSPS) is 10.9. The van der Waals surface area contributed by atoms with Gasteiger partial charge in [0.15, 0.2) is 0 Å². The molecule has 0 atom stereocenters. The van der Waals surface area contributed by atoms with Gasteiger partial charge in [-0.1, -0.05) is 139 Å². The van der Waals surface area contributed by atoms with Gasteiger partial charge in [0.05, 0.1) is 40.4 Å². The van der Waals surface area contributed by atoms with Crippen molar-refractivity contribution in [3.05, 3.63) is 139 Å². The molecule has 8 heteroatoms. The van der Waals surface area contributed by atoms with Crippen molar-refractivity contribution < 1.29 is 9.59 Å². The second-order valence-corrected chi connectivity index (χ2v) is 14.5. The Bertz CT molecular complexity index is 2110. The van der Waals surface area contributed by atoms with Gasteiger partial charge < -0.3 is 10.6 Å². The van der Waals surface area contributed by atoms with Crippen LogP contribution in [0, 0.1) is 0 Å². The molecule has 8 nitrogen and oxygen atoms in total. The van der Waals surface area contributed by atoms with Gasteiger partial charge in [-0.2, -0.15) is 0 Å². The van der Waals surface area contributed by atoms with Crippen LogP contribution in [0.25, 0.3) is 21.8 Å². The molecule has 2 aromatic heterocycles. The summed E-state index contributed by atoms with van der Waals surface area (Å²) in [5.74, 6) is -0.123. The van der Waals surface area contributed by atoms with Crippen molar-refractivity contribution in [1.82, 2.24) is 15.0 Å². The number of nitrogens with zero attached hydrogens (tertiary/aromatic N) is 4. The fourth-order valence-corrected chi connectivity index (χ4v) is 6.81. The second-order valence-electron chi connectivity index (χ2n) is 14.5. The summed E-state index contributed by atoms with van der Waals surface area (Å²) in [6.07, 6.45) is 16.5. The monoisotopic (exact) mass is 764 g/mol. The number of fused-ring (bicyclic) bond motifs is 2. The fourth-order valence-electron chi connectivity index (χ4n) is 6.81. The number of amides is 2. The summed E-state index contributed by atoms with van der Waals surface area (Å²) in [7, 11) is 0. The Hall–Kier alpha value is -5.60. The van der Waals surface area contributed by atoms with Crippen LogP contribution in [0.4, 0.5) is 17.1 Å². The van der Waals surface area contributed by atoms with Crippen molar-refractivity contribution in [2.45, 2.75) is 91.4 Å². The van der Waals surface area contributed by atoms with Crippen LogP contribution in [-0.2, 0) is 0 Å².